The van der Waals surface area contributed by atoms with Crippen molar-refractivity contribution in [2.24, 2.45) is 0 Å². The molecule has 0 aliphatic heterocycles. The lowest BCUT2D eigenvalue weighted by Gasteiger charge is -2.08. The third kappa shape index (κ3) is 6.25. The summed E-state index contributed by atoms with van der Waals surface area (Å²) < 4.78 is 3.22. The average Bonchev–Trinajstić information content (AvgIpc) is 3.11. The minimum atomic E-state index is -0.0446. The second-order valence-corrected chi connectivity index (χ2v) is 9.14. The number of hydrogen-bond acceptors (Lipinski definition) is 5. The predicted octanol–water partition coefficient (Wildman–Crippen LogP) is 5.07. The van der Waals surface area contributed by atoms with Crippen molar-refractivity contribution in [1.82, 2.24) is 14.8 Å². The van der Waals surface area contributed by atoms with Gasteiger partial charge in [0.2, 0.25) is 5.91 Å². The molecule has 0 radical (unpaired) electrons. The minimum Gasteiger partial charge on any atom is -0.325 e. The maximum absolute atomic E-state index is 12.2. The van der Waals surface area contributed by atoms with Crippen LogP contribution < -0.4 is 5.32 Å². The van der Waals surface area contributed by atoms with Crippen LogP contribution in [0.25, 0.3) is 0 Å². The highest BCUT2D eigenvalue weighted by molar-refractivity contribution is 14.1. The van der Waals surface area contributed by atoms with Gasteiger partial charge in [-0.2, -0.15) is 0 Å². The third-order valence-corrected chi connectivity index (χ3v) is 6.60. The number of benzene rings is 2. The van der Waals surface area contributed by atoms with Gasteiger partial charge in [-0.25, -0.2) is 0 Å². The zero-order valence-electron chi connectivity index (χ0n) is 15.5. The van der Waals surface area contributed by atoms with Crippen LogP contribution in [0.2, 0.25) is 0 Å². The number of anilines is 1. The van der Waals surface area contributed by atoms with Gasteiger partial charge in [0.1, 0.15) is 5.82 Å². The molecule has 1 aromatic heterocycles. The molecule has 0 fully saturated rings. The molecule has 0 saturated carbocycles. The van der Waals surface area contributed by atoms with Gasteiger partial charge in [-0.3, -0.25) is 4.79 Å². The zero-order chi connectivity index (χ0) is 19.8. The molecule has 2 aromatic carbocycles. The first-order valence-corrected chi connectivity index (χ1v) is 12.1. The van der Waals surface area contributed by atoms with E-state index in [1.807, 2.05) is 42.1 Å². The summed E-state index contributed by atoms with van der Waals surface area (Å²) in [5.74, 6) is 2.95. The Hall–Kier alpha value is -1.52. The zero-order valence-corrected chi connectivity index (χ0v) is 19.3. The summed E-state index contributed by atoms with van der Waals surface area (Å²) >= 11 is 5.48. The van der Waals surface area contributed by atoms with Gasteiger partial charge in [0.15, 0.2) is 5.16 Å². The van der Waals surface area contributed by atoms with Gasteiger partial charge in [0, 0.05) is 21.6 Å². The van der Waals surface area contributed by atoms with Crippen LogP contribution in [0.5, 0.6) is 0 Å². The molecule has 1 N–H and O–H groups in total. The summed E-state index contributed by atoms with van der Waals surface area (Å²) in [7, 11) is 0. The Labute approximate surface area is 187 Å². The fraction of sp³-hybridized carbons (Fsp3) is 0.250. The lowest BCUT2D eigenvalue weighted by Crippen LogP contribution is -2.14. The number of amides is 1. The number of nitrogens with one attached hydrogen (secondary N) is 1. The summed E-state index contributed by atoms with van der Waals surface area (Å²) in [6, 6.07) is 18.1. The first-order valence-electron chi connectivity index (χ1n) is 8.87. The van der Waals surface area contributed by atoms with Crippen molar-refractivity contribution in [3.05, 3.63) is 69.6 Å². The van der Waals surface area contributed by atoms with Crippen LogP contribution in [0, 0.1) is 3.57 Å². The van der Waals surface area contributed by atoms with Gasteiger partial charge in [-0.1, -0.05) is 42.1 Å². The lowest BCUT2D eigenvalue weighted by molar-refractivity contribution is -0.113. The monoisotopic (exact) mass is 524 g/mol. The molecule has 8 heteroatoms. The van der Waals surface area contributed by atoms with Crippen molar-refractivity contribution >= 4 is 57.7 Å². The van der Waals surface area contributed by atoms with Crippen LogP contribution >= 0.6 is 46.1 Å². The van der Waals surface area contributed by atoms with Gasteiger partial charge in [-0.15, -0.1) is 22.0 Å². The van der Waals surface area contributed by atoms with Crippen molar-refractivity contribution in [3.63, 3.8) is 0 Å². The van der Waals surface area contributed by atoms with E-state index in [1.165, 1.54) is 17.3 Å². The van der Waals surface area contributed by atoms with Gasteiger partial charge in [0.05, 0.1) is 11.5 Å². The second kappa shape index (κ2) is 10.9. The lowest BCUT2D eigenvalue weighted by atomic mass is 10.2. The highest BCUT2D eigenvalue weighted by Crippen LogP contribution is 2.22. The first-order chi connectivity index (χ1) is 13.7. The van der Waals surface area contributed by atoms with Crippen molar-refractivity contribution in [2.75, 3.05) is 11.1 Å². The number of rotatable bonds is 9. The number of thioether (sulfide) groups is 2. The first kappa shape index (κ1) is 21.2. The van der Waals surface area contributed by atoms with Gasteiger partial charge in [0.25, 0.3) is 0 Å². The fourth-order valence-corrected chi connectivity index (χ4v) is 4.65. The quantitative estimate of drug-likeness (QED) is 0.313. The molecular formula is C20H21IN4OS2. The summed E-state index contributed by atoms with van der Waals surface area (Å²) in [6.45, 7) is 2.86. The van der Waals surface area contributed by atoms with E-state index in [0.717, 1.165) is 38.3 Å². The number of carbonyl (C=O) groups excluding carboxylic acids is 1. The van der Waals surface area contributed by atoms with Crippen molar-refractivity contribution in [3.8, 4) is 0 Å². The number of nitrogens with zero attached hydrogens (tertiary/aromatic N) is 3. The molecule has 3 aromatic rings. The Kier molecular flexibility index (Phi) is 8.23. The van der Waals surface area contributed by atoms with Crippen molar-refractivity contribution in [1.29, 1.82) is 0 Å². The van der Waals surface area contributed by atoms with Gasteiger partial charge in [-0.05, 0) is 59.3 Å². The Morgan fingerprint density at radius 2 is 1.82 bits per heavy atom. The van der Waals surface area contributed by atoms with Crippen LogP contribution in [0.4, 0.5) is 5.69 Å². The molecule has 3 rings (SSSR count). The van der Waals surface area contributed by atoms with E-state index in [4.69, 9.17) is 0 Å². The number of carbonyl (C=O) groups is 1. The van der Waals surface area contributed by atoms with Gasteiger partial charge >= 0.3 is 0 Å². The standard InChI is InChI=1S/C20H21IN4OS2/c1-2-25-18(13-27-12-15-6-4-3-5-7-15)23-24-20(25)28-14-19(26)22-17-10-8-16(21)9-11-17/h3-11H,2,12-14H2,1H3,(H,22,26). The maximum Gasteiger partial charge on any atom is 0.234 e. The minimum absolute atomic E-state index is 0.0446. The number of aromatic nitrogens is 3. The van der Waals surface area contributed by atoms with E-state index < -0.39 is 0 Å². The van der Waals surface area contributed by atoms with Crippen molar-refractivity contribution < 1.29 is 4.79 Å². The normalized spacial score (nSPS) is 10.8. The molecule has 0 unspecified atom stereocenters. The SMILES string of the molecule is CCn1c(CSCc2ccccc2)nnc1SCC(=O)Nc1ccc(I)cc1. The Morgan fingerprint density at radius 1 is 1.07 bits per heavy atom. The molecular weight excluding hydrogens is 503 g/mol. The second-order valence-electron chi connectivity index (χ2n) is 5.97. The maximum atomic E-state index is 12.2. The number of hydrogen-bond donors (Lipinski definition) is 1. The van der Waals surface area contributed by atoms with Crippen LogP contribution in [-0.4, -0.2) is 26.4 Å². The van der Waals surface area contributed by atoms with E-state index >= 15 is 0 Å². The molecule has 0 spiro atoms. The van der Waals surface area contributed by atoms with Crippen LogP contribution in [-0.2, 0) is 22.8 Å². The van der Waals surface area contributed by atoms with Crippen molar-refractivity contribution in [2.45, 2.75) is 30.1 Å². The molecule has 1 heterocycles. The molecule has 0 saturated heterocycles. The molecule has 28 heavy (non-hydrogen) atoms. The molecule has 5 nitrogen and oxygen atoms in total. The van der Waals surface area contributed by atoms with Crippen LogP contribution in [0.15, 0.2) is 59.8 Å². The van der Waals surface area contributed by atoms with E-state index in [1.54, 1.807) is 0 Å². The Balaban J connectivity index is 1.51. The van der Waals surface area contributed by atoms with E-state index in [0.29, 0.717) is 5.75 Å². The molecule has 146 valence electrons. The Morgan fingerprint density at radius 3 is 2.54 bits per heavy atom. The van der Waals surface area contributed by atoms with E-state index in [-0.39, 0.29) is 5.91 Å². The summed E-state index contributed by atoms with van der Waals surface area (Å²) in [6.07, 6.45) is 0. The predicted molar refractivity (Wildman–Crippen MR) is 126 cm³/mol. The number of halogens is 1. The smallest absolute Gasteiger partial charge is 0.234 e. The highest BCUT2D eigenvalue weighted by atomic mass is 127. The average molecular weight is 524 g/mol. The molecule has 1 amide bonds. The molecule has 0 aliphatic carbocycles. The van der Waals surface area contributed by atoms with Gasteiger partial charge < -0.3 is 9.88 Å². The van der Waals surface area contributed by atoms with E-state index in [2.05, 4.69) is 73.9 Å². The molecule has 0 atom stereocenters. The summed E-state index contributed by atoms with van der Waals surface area (Å²) in [4.78, 5) is 12.2. The third-order valence-electron chi connectivity index (χ3n) is 3.91. The topological polar surface area (TPSA) is 59.8 Å². The Bertz CT molecular complexity index is 900. The molecule has 0 bridgehead atoms. The highest BCUT2D eigenvalue weighted by Gasteiger charge is 2.13. The van der Waals surface area contributed by atoms with Crippen LogP contribution in [0.3, 0.4) is 0 Å². The molecule has 0 aliphatic rings. The van der Waals surface area contributed by atoms with E-state index in [9.17, 15) is 4.79 Å². The summed E-state index contributed by atoms with van der Waals surface area (Å²) in [5, 5.41) is 12.3. The van der Waals surface area contributed by atoms with Crippen LogP contribution in [0.1, 0.15) is 18.3 Å². The largest absolute Gasteiger partial charge is 0.325 e. The fourth-order valence-electron chi connectivity index (χ4n) is 2.55. The summed E-state index contributed by atoms with van der Waals surface area (Å²) in [5.41, 5.74) is 2.11.